The van der Waals surface area contributed by atoms with Crippen LogP contribution in [0.4, 0.5) is 0 Å². The van der Waals surface area contributed by atoms with Crippen molar-refractivity contribution in [2.45, 2.75) is 13.0 Å². The Balaban J connectivity index is 1.47. The molecule has 2 N–H and O–H groups in total. The Morgan fingerprint density at radius 2 is 2.28 bits per heavy atom. The molecule has 0 radical (unpaired) electrons. The average Bonchev–Trinajstić information content (AvgIpc) is 3.08. The first kappa shape index (κ1) is 17.1. The van der Waals surface area contributed by atoms with Crippen molar-refractivity contribution in [2.24, 2.45) is 5.92 Å². The minimum absolute atomic E-state index is 0.232. The van der Waals surface area contributed by atoms with Gasteiger partial charge in [-0.2, -0.15) is 5.10 Å². The van der Waals surface area contributed by atoms with Gasteiger partial charge in [-0.25, -0.2) is 5.10 Å². The molecule has 0 saturated carbocycles. The van der Waals surface area contributed by atoms with Gasteiger partial charge in [-0.3, -0.25) is 14.5 Å². The van der Waals surface area contributed by atoms with E-state index in [1.54, 1.807) is 0 Å². The molecule has 0 aliphatic carbocycles. The van der Waals surface area contributed by atoms with Crippen molar-refractivity contribution in [1.29, 1.82) is 0 Å². The Kier molecular flexibility index (Phi) is 5.40. The number of nitrogens with one attached hydrogen (secondary N) is 2. The predicted octanol–water partition coefficient (Wildman–Crippen LogP) is 1.66. The topological polar surface area (TPSA) is 78.1 Å². The summed E-state index contributed by atoms with van der Waals surface area (Å²) in [7, 11) is 0. The summed E-state index contributed by atoms with van der Waals surface area (Å²) < 4.78 is 0. The number of benzene rings is 1. The number of carbonyl (C=O) groups is 1. The Hall–Kier alpha value is -2.73. The molecule has 1 aromatic carbocycles. The molecule has 2 heterocycles. The maximum atomic E-state index is 12.0. The third kappa shape index (κ3) is 4.64. The van der Waals surface area contributed by atoms with Crippen molar-refractivity contribution in [1.82, 2.24) is 20.4 Å². The SMILES string of the molecule is C=Cc1cccc(CN2CCC(CNC(=O)c3ccc(=O)[nH]n3)C2)c1. The summed E-state index contributed by atoms with van der Waals surface area (Å²) in [5.41, 5.74) is 2.33. The lowest BCUT2D eigenvalue weighted by Gasteiger charge is -2.16. The van der Waals surface area contributed by atoms with Crippen LogP contribution in [-0.2, 0) is 6.54 Å². The van der Waals surface area contributed by atoms with E-state index in [4.69, 9.17) is 0 Å². The first-order valence-corrected chi connectivity index (χ1v) is 8.41. The van der Waals surface area contributed by atoms with E-state index < -0.39 is 0 Å². The summed E-state index contributed by atoms with van der Waals surface area (Å²) in [6.45, 7) is 7.31. The molecule has 130 valence electrons. The van der Waals surface area contributed by atoms with E-state index in [1.807, 2.05) is 12.1 Å². The summed E-state index contributed by atoms with van der Waals surface area (Å²) >= 11 is 0. The van der Waals surface area contributed by atoms with E-state index in [9.17, 15) is 9.59 Å². The molecular formula is C19H22N4O2. The normalized spacial score (nSPS) is 17.4. The molecule has 6 heteroatoms. The fraction of sp³-hybridized carbons (Fsp3) is 0.316. The first-order chi connectivity index (χ1) is 12.1. The summed E-state index contributed by atoms with van der Waals surface area (Å²) in [5.74, 6) is 0.169. The lowest BCUT2D eigenvalue weighted by Crippen LogP contribution is -2.32. The number of carbonyl (C=O) groups excluding carboxylic acids is 1. The highest BCUT2D eigenvalue weighted by atomic mass is 16.2. The van der Waals surface area contributed by atoms with E-state index in [2.05, 4.69) is 45.2 Å². The maximum Gasteiger partial charge on any atom is 0.271 e. The maximum absolute atomic E-state index is 12.0. The largest absolute Gasteiger partial charge is 0.350 e. The van der Waals surface area contributed by atoms with Crippen molar-refractivity contribution in [2.75, 3.05) is 19.6 Å². The van der Waals surface area contributed by atoms with Crippen LogP contribution in [0.5, 0.6) is 0 Å². The molecule has 1 aromatic heterocycles. The van der Waals surface area contributed by atoms with Crippen molar-refractivity contribution in [3.8, 4) is 0 Å². The Labute approximate surface area is 146 Å². The van der Waals surface area contributed by atoms with Gasteiger partial charge in [0.1, 0.15) is 5.69 Å². The number of hydrogen-bond acceptors (Lipinski definition) is 4. The molecule has 1 saturated heterocycles. The third-order valence-corrected chi connectivity index (χ3v) is 4.43. The van der Waals surface area contributed by atoms with E-state index in [0.717, 1.165) is 31.6 Å². The van der Waals surface area contributed by atoms with Gasteiger partial charge in [0.2, 0.25) is 0 Å². The summed E-state index contributed by atoms with van der Waals surface area (Å²) in [5, 5.41) is 8.91. The molecule has 1 fully saturated rings. The fourth-order valence-electron chi connectivity index (χ4n) is 3.10. The van der Waals surface area contributed by atoms with E-state index in [1.165, 1.54) is 17.7 Å². The van der Waals surface area contributed by atoms with Crippen LogP contribution in [0.15, 0.2) is 47.8 Å². The molecule has 3 rings (SSSR count). The van der Waals surface area contributed by atoms with Crippen LogP contribution in [0, 0.1) is 5.92 Å². The molecule has 1 unspecified atom stereocenters. The van der Waals surface area contributed by atoms with Gasteiger partial charge in [0.05, 0.1) is 0 Å². The number of rotatable bonds is 6. The monoisotopic (exact) mass is 338 g/mol. The van der Waals surface area contributed by atoms with Gasteiger partial charge in [0, 0.05) is 25.7 Å². The van der Waals surface area contributed by atoms with Gasteiger partial charge in [-0.15, -0.1) is 0 Å². The van der Waals surface area contributed by atoms with Gasteiger partial charge in [-0.05, 0) is 36.1 Å². The highest BCUT2D eigenvalue weighted by Crippen LogP contribution is 2.19. The van der Waals surface area contributed by atoms with Crippen molar-refractivity contribution >= 4 is 12.0 Å². The summed E-state index contributed by atoms with van der Waals surface area (Å²) in [4.78, 5) is 25.4. The molecule has 1 atom stereocenters. The Morgan fingerprint density at radius 1 is 1.40 bits per heavy atom. The van der Waals surface area contributed by atoms with E-state index in [0.29, 0.717) is 12.5 Å². The molecule has 1 amide bonds. The lowest BCUT2D eigenvalue weighted by atomic mass is 10.1. The second-order valence-corrected chi connectivity index (χ2v) is 6.36. The second-order valence-electron chi connectivity index (χ2n) is 6.36. The Morgan fingerprint density at radius 3 is 3.04 bits per heavy atom. The van der Waals surface area contributed by atoms with Gasteiger partial charge in [-0.1, -0.05) is 36.9 Å². The number of H-pyrrole nitrogens is 1. The van der Waals surface area contributed by atoms with Gasteiger partial charge >= 0.3 is 0 Å². The molecule has 25 heavy (non-hydrogen) atoms. The second kappa shape index (κ2) is 7.90. The number of aromatic amines is 1. The molecule has 0 spiro atoms. The zero-order chi connectivity index (χ0) is 17.6. The number of nitrogens with zero attached hydrogens (tertiary/aromatic N) is 2. The van der Waals surface area contributed by atoms with Crippen LogP contribution < -0.4 is 10.9 Å². The average molecular weight is 338 g/mol. The highest BCUT2D eigenvalue weighted by Gasteiger charge is 2.23. The standard InChI is InChI=1S/C19H22N4O2/c1-2-14-4-3-5-15(10-14)12-23-9-8-16(13-23)11-20-19(25)17-6-7-18(24)22-21-17/h2-7,10,16H,1,8-9,11-13H2,(H,20,25)(H,22,24). The number of amides is 1. The number of likely N-dealkylation sites (tertiary alicyclic amines) is 1. The van der Waals surface area contributed by atoms with Crippen molar-refractivity contribution in [3.05, 3.63) is 70.2 Å². The Bertz CT molecular complexity index is 795. The number of hydrogen-bond donors (Lipinski definition) is 2. The van der Waals surface area contributed by atoms with E-state index >= 15 is 0 Å². The third-order valence-electron chi connectivity index (χ3n) is 4.43. The van der Waals surface area contributed by atoms with Crippen LogP contribution in [-0.4, -0.2) is 40.6 Å². The summed E-state index contributed by atoms with van der Waals surface area (Å²) in [6.07, 6.45) is 2.91. The van der Waals surface area contributed by atoms with Crippen LogP contribution in [0.25, 0.3) is 6.08 Å². The lowest BCUT2D eigenvalue weighted by molar-refractivity contribution is 0.0941. The quantitative estimate of drug-likeness (QED) is 0.840. The van der Waals surface area contributed by atoms with Crippen molar-refractivity contribution in [3.63, 3.8) is 0 Å². The van der Waals surface area contributed by atoms with Crippen LogP contribution >= 0.6 is 0 Å². The van der Waals surface area contributed by atoms with Crippen molar-refractivity contribution < 1.29 is 4.79 Å². The highest BCUT2D eigenvalue weighted by molar-refractivity contribution is 5.91. The van der Waals surface area contributed by atoms with Crippen LogP contribution in [0.2, 0.25) is 0 Å². The molecule has 2 aromatic rings. The fourth-order valence-corrected chi connectivity index (χ4v) is 3.10. The predicted molar refractivity (Wildman–Crippen MR) is 97.1 cm³/mol. The van der Waals surface area contributed by atoms with Crippen LogP contribution in [0.1, 0.15) is 28.0 Å². The van der Waals surface area contributed by atoms with E-state index in [-0.39, 0.29) is 17.2 Å². The molecule has 0 bridgehead atoms. The smallest absolute Gasteiger partial charge is 0.271 e. The van der Waals surface area contributed by atoms with Gasteiger partial charge in [0.25, 0.3) is 11.5 Å². The van der Waals surface area contributed by atoms with Gasteiger partial charge < -0.3 is 5.32 Å². The molecule has 1 aliphatic rings. The molecule has 1 aliphatic heterocycles. The minimum atomic E-state index is -0.316. The minimum Gasteiger partial charge on any atom is -0.350 e. The summed E-state index contributed by atoms with van der Waals surface area (Å²) in [6, 6.07) is 11.1. The van der Waals surface area contributed by atoms with Crippen LogP contribution in [0.3, 0.4) is 0 Å². The zero-order valence-corrected chi connectivity index (χ0v) is 14.1. The first-order valence-electron chi connectivity index (χ1n) is 8.41. The van der Waals surface area contributed by atoms with Gasteiger partial charge in [0.15, 0.2) is 0 Å². The zero-order valence-electron chi connectivity index (χ0n) is 14.1. The number of aromatic nitrogens is 2. The molecular weight excluding hydrogens is 316 g/mol. The molecule has 6 nitrogen and oxygen atoms in total.